The number of benzene rings is 2. The molecule has 3 rings (SSSR count). The Hall–Kier alpha value is -2.39. The summed E-state index contributed by atoms with van der Waals surface area (Å²) in [5.41, 5.74) is 1.74. The van der Waals surface area contributed by atoms with Crippen LogP contribution in [-0.4, -0.2) is 58.1 Å². The zero-order valence-electron chi connectivity index (χ0n) is 20.9. The Bertz CT molecular complexity index is 967. The van der Waals surface area contributed by atoms with Crippen molar-refractivity contribution in [3.63, 3.8) is 0 Å². The van der Waals surface area contributed by atoms with Crippen molar-refractivity contribution in [2.24, 2.45) is 0 Å². The van der Waals surface area contributed by atoms with E-state index in [1.54, 1.807) is 31.7 Å². The molecule has 1 aliphatic heterocycles. The van der Waals surface area contributed by atoms with Crippen LogP contribution in [0.15, 0.2) is 61.2 Å². The molecule has 0 radical (unpaired) electrons. The van der Waals surface area contributed by atoms with Gasteiger partial charge in [0.1, 0.15) is 16.7 Å². The summed E-state index contributed by atoms with van der Waals surface area (Å²) in [6.07, 6.45) is 3.72. The van der Waals surface area contributed by atoms with Gasteiger partial charge in [-0.1, -0.05) is 30.3 Å². The predicted molar refractivity (Wildman–Crippen MR) is 137 cm³/mol. The highest BCUT2D eigenvalue weighted by Gasteiger charge is 2.40. The van der Waals surface area contributed by atoms with Gasteiger partial charge in [0.15, 0.2) is 0 Å². The van der Waals surface area contributed by atoms with Crippen LogP contribution in [-0.2, 0) is 32.6 Å². The fourth-order valence-electron chi connectivity index (χ4n) is 4.42. The number of nitrogens with zero attached hydrogens (tertiary/aromatic N) is 1. The molecule has 3 atom stereocenters. The second-order valence-corrected chi connectivity index (χ2v) is 10.9. The smallest absolute Gasteiger partial charge is 0.220 e. The second kappa shape index (κ2) is 13.1. The molecular formula is C27H37NO6S. The van der Waals surface area contributed by atoms with Gasteiger partial charge in [-0.15, -0.1) is 6.58 Å². The molecule has 1 saturated heterocycles. The Kier molecular flexibility index (Phi) is 10.2. The average Bonchev–Trinajstić information content (AvgIpc) is 3.40. The Morgan fingerprint density at radius 1 is 1.00 bits per heavy atom. The first kappa shape index (κ1) is 27.2. The van der Waals surface area contributed by atoms with E-state index in [9.17, 15) is 8.42 Å². The van der Waals surface area contributed by atoms with Crippen LogP contribution in [0.25, 0.3) is 0 Å². The minimum absolute atomic E-state index is 0.0962. The van der Waals surface area contributed by atoms with Gasteiger partial charge in [0, 0.05) is 26.8 Å². The molecule has 2 aromatic rings. The van der Waals surface area contributed by atoms with Crippen LogP contribution < -0.4 is 9.47 Å². The standard InChI is InChI=1S/C27H37NO6S/c1-5-7-26(33-4)27(18-25-8-6-17-34-25)35(29,30)28(19-21-9-13-23(31-2)14-10-21)20-22-11-15-24(32-3)16-12-22/h5,9-16,25-27H,1,6-8,17-20H2,2-4H3/t25-,26+,27+/m0/s1. The molecule has 0 unspecified atom stereocenters. The fraction of sp³-hybridized carbons (Fsp3) is 0.481. The Labute approximate surface area is 209 Å². The first-order valence-corrected chi connectivity index (χ1v) is 13.4. The van der Waals surface area contributed by atoms with Crippen LogP contribution in [0.4, 0.5) is 0 Å². The van der Waals surface area contributed by atoms with Crippen molar-refractivity contribution in [1.82, 2.24) is 4.31 Å². The zero-order chi connectivity index (χ0) is 25.3. The van der Waals surface area contributed by atoms with E-state index in [4.69, 9.17) is 18.9 Å². The molecular weight excluding hydrogens is 466 g/mol. The number of rotatable bonds is 14. The highest BCUT2D eigenvalue weighted by atomic mass is 32.2. The quantitative estimate of drug-likeness (QED) is 0.352. The summed E-state index contributed by atoms with van der Waals surface area (Å²) in [7, 11) is 0.979. The lowest BCUT2D eigenvalue weighted by Crippen LogP contribution is -2.46. The maximum atomic E-state index is 14.3. The average molecular weight is 504 g/mol. The fourth-order valence-corrected chi connectivity index (χ4v) is 6.52. The first-order chi connectivity index (χ1) is 16.9. The van der Waals surface area contributed by atoms with Crippen LogP contribution in [0.2, 0.25) is 0 Å². The van der Waals surface area contributed by atoms with Gasteiger partial charge in [-0.25, -0.2) is 8.42 Å². The van der Waals surface area contributed by atoms with Gasteiger partial charge in [-0.2, -0.15) is 4.31 Å². The number of hydrogen-bond acceptors (Lipinski definition) is 6. The van der Waals surface area contributed by atoms with Crippen LogP contribution >= 0.6 is 0 Å². The summed E-state index contributed by atoms with van der Waals surface area (Å²) >= 11 is 0. The third kappa shape index (κ3) is 7.30. The van der Waals surface area contributed by atoms with E-state index in [2.05, 4.69) is 6.58 Å². The van der Waals surface area contributed by atoms with E-state index < -0.39 is 21.4 Å². The van der Waals surface area contributed by atoms with Gasteiger partial charge in [0.25, 0.3) is 0 Å². The van der Waals surface area contributed by atoms with E-state index in [-0.39, 0.29) is 19.2 Å². The highest BCUT2D eigenvalue weighted by molar-refractivity contribution is 7.89. The van der Waals surface area contributed by atoms with Crippen molar-refractivity contribution < 1.29 is 27.4 Å². The molecule has 0 aliphatic carbocycles. The van der Waals surface area contributed by atoms with E-state index >= 15 is 0 Å². The maximum absolute atomic E-state index is 14.3. The van der Waals surface area contributed by atoms with Gasteiger partial charge in [0.2, 0.25) is 10.0 Å². The van der Waals surface area contributed by atoms with Crippen LogP contribution in [0, 0.1) is 0 Å². The molecule has 7 nitrogen and oxygen atoms in total. The monoisotopic (exact) mass is 503 g/mol. The van der Waals surface area contributed by atoms with E-state index in [0.717, 1.165) is 35.5 Å². The van der Waals surface area contributed by atoms with Gasteiger partial charge in [-0.05, 0) is 61.1 Å². The van der Waals surface area contributed by atoms with Crippen molar-refractivity contribution in [3.05, 3.63) is 72.3 Å². The topological polar surface area (TPSA) is 74.3 Å². The molecule has 0 spiro atoms. The number of ether oxygens (including phenoxy) is 4. The molecule has 0 amide bonds. The summed E-state index contributed by atoms with van der Waals surface area (Å²) in [4.78, 5) is 0. The molecule has 0 aromatic heterocycles. The summed E-state index contributed by atoms with van der Waals surface area (Å²) in [6, 6.07) is 14.9. The molecule has 2 aromatic carbocycles. The molecule has 1 heterocycles. The summed E-state index contributed by atoms with van der Waals surface area (Å²) in [5, 5.41) is -0.759. The lowest BCUT2D eigenvalue weighted by molar-refractivity contribution is 0.0617. The molecule has 8 heteroatoms. The first-order valence-electron chi connectivity index (χ1n) is 11.9. The SMILES string of the molecule is C=CC[C@@H](OC)[C@@H](C[C@@H]1CCCO1)S(=O)(=O)N(Cc1ccc(OC)cc1)Cc1ccc(OC)cc1. The molecule has 0 saturated carbocycles. The Balaban J connectivity index is 1.96. The minimum Gasteiger partial charge on any atom is -0.497 e. The Morgan fingerprint density at radius 2 is 1.54 bits per heavy atom. The van der Waals surface area contributed by atoms with Crippen LogP contribution in [0.1, 0.15) is 36.8 Å². The Morgan fingerprint density at radius 3 is 1.94 bits per heavy atom. The van der Waals surface area contributed by atoms with Crippen molar-refractivity contribution in [2.45, 2.75) is 56.2 Å². The minimum atomic E-state index is -3.79. The molecule has 1 aliphatic rings. The van der Waals surface area contributed by atoms with Gasteiger partial charge < -0.3 is 18.9 Å². The van der Waals surface area contributed by atoms with Gasteiger partial charge in [-0.3, -0.25) is 0 Å². The van der Waals surface area contributed by atoms with Crippen LogP contribution in [0.3, 0.4) is 0 Å². The van der Waals surface area contributed by atoms with Crippen LogP contribution in [0.5, 0.6) is 11.5 Å². The van der Waals surface area contributed by atoms with E-state index in [0.29, 0.717) is 19.4 Å². The zero-order valence-corrected chi connectivity index (χ0v) is 21.7. The van der Waals surface area contributed by atoms with E-state index in [1.807, 2.05) is 48.5 Å². The molecule has 0 N–H and O–H groups in total. The number of sulfonamides is 1. The van der Waals surface area contributed by atoms with E-state index in [1.165, 1.54) is 0 Å². The van der Waals surface area contributed by atoms with Gasteiger partial charge in [0.05, 0.1) is 26.4 Å². The highest BCUT2D eigenvalue weighted by Crippen LogP contribution is 2.29. The second-order valence-electron chi connectivity index (χ2n) is 8.72. The third-order valence-corrected chi connectivity index (χ3v) is 8.65. The molecule has 192 valence electrons. The lowest BCUT2D eigenvalue weighted by atomic mass is 10.0. The molecule has 35 heavy (non-hydrogen) atoms. The van der Waals surface area contributed by atoms with Crippen molar-refractivity contribution in [2.75, 3.05) is 27.9 Å². The van der Waals surface area contributed by atoms with Gasteiger partial charge >= 0.3 is 0 Å². The van der Waals surface area contributed by atoms with Crippen molar-refractivity contribution >= 4 is 10.0 Å². The predicted octanol–water partition coefficient (Wildman–Crippen LogP) is 4.56. The number of hydrogen-bond donors (Lipinski definition) is 0. The summed E-state index contributed by atoms with van der Waals surface area (Å²) in [5.74, 6) is 1.44. The normalized spacial score (nSPS) is 17.8. The molecule has 0 bridgehead atoms. The largest absolute Gasteiger partial charge is 0.497 e. The third-order valence-electron chi connectivity index (χ3n) is 6.41. The lowest BCUT2D eigenvalue weighted by Gasteiger charge is -2.33. The number of methoxy groups -OCH3 is 3. The van der Waals surface area contributed by atoms with Crippen molar-refractivity contribution in [3.8, 4) is 11.5 Å². The summed E-state index contributed by atoms with van der Waals surface area (Å²) in [6.45, 7) is 4.93. The summed E-state index contributed by atoms with van der Waals surface area (Å²) < 4.78 is 52.1. The maximum Gasteiger partial charge on any atom is 0.220 e. The molecule has 1 fully saturated rings. The van der Waals surface area contributed by atoms with Crippen molar-refractivity contribution in [1.29, 1.82) is 0 Å².